The van der Waals surface area contributed by atoms with Crippen LogP contribution in [0.2, 0.25) is 0 Å². The van der Waals surface area contributed by atoms with Gasteiger partial charge >= 0.3 is 23.7 Å². The summed E-state index contributed by atoms with van der Waals surface area (Å²) in [6.45, 7) is -1.31. The van der Waals surface area contributed by atoms with Crippen LogP contribution in [0.3, 0.4) is 0 Å². The molecule has 2 fully saturated rings. The van der Waals surface area contributed by atoms with Crippen LogP contribution in [0.15, 0.2) is 0 Å². The molecule has 0 aromatic rings. The lowest BCUT2D eigenvalue weighted by Crippen LogP contribution is -2.66. The van der Waals surface area contributed by atoms with Gasteiger partial charge in [0.15, 0.2) is 6.10 Å². The average molecular weight is 272 g/mol. The molecule has 2 rings (SSSR count). The zero-order valence-electron chi connectivity index (χ0n) is 7.70. The van der Waals surface area contributed by atoms with Crippen molar-refractivity contribution in [2.45, 2.75) is 36.1 Å². The van der Waals surface area contributed by atoms with E-state index in [9.17, 15) is 35.1 Å². The average Bonchev–Trinajstić information content (AvgIpc) is 2.64. The first-order chi connectivity index (χ1) is 7.46. The van der Waals surface area contributed by atoms with Gasteiger partial charge in [-0.2, -0.15) is 35.1 Å². The zero-order chi connectivity index (χ0) is 13.3. The van der Waals surface area contributed by atoms with Crippen LogP contribution in [0, 0.1) is 0 Å². The lowest BCUT2D eigenvalue weighted by Gasteiger charge is -2.36. The number of hydrogen-bond donors (Lipinski definition) is 0. The van der Waals surface area contributed by atoms with Gasteiger partial charge in [-0.05, 0) is 0 Å². The molecule has 0 radical (unpaired) electrons. The van der Waals surface area contributed by atoms with Crippen LogP contribution in [0.5, 0.6) is 0 Å². The molecule has 0 spiro atoms. The molecular formula is C7H4F8O2. The highest BCUT2D eigenvalue weighted by Gasteiger charge is 2.87. The van der Waals surface area contributed by atoms with Gasteiger partial charge in [-0.15, -0.1) is 0 Å². The van der Waals surface area contributed by atoms with Crippen LogP contribution in [0.4, 0.5) is 35.1 Å². The molecule has 100 valence electrons. The van der Waals surface area contributed by atoms with Gasteiger partial charge in [-0.1, -0.05) is 0 Å². The summed E-state index contributed by atoms with van der Waals surface area (Å²) in [5, 5.41) is 0. The normalized spacial score (nSPS) is 40.9. The third-order valence-electron chi connectivity index (χ3n) is 2.62. The smallest absolute Gasteiger partial charge is 0.344 e. The van der Waals surface area contributed by atoms with Crippen molar-refractivity contribution in [3.63, 3.8) is 0 Å². The minimum Gasteiger partial charge on any atom is -0.344 e. The summed E-state index contributed by atoms with van der Waals surface area (Å²) >= 11 is 0. The Morgan fingerprint density at radius 1 is 0.765 bits per heavy atom. The maximum atomic E-state index is 13.0. The van der Waals surface area contributed by atoms with Gasteiger partial charge in [0.25, 0.3) is 0 Å². The number of halogens is 8. The summed E-state index contributed by atoms with van der Waals surface area (Å²) in [4.78, 5) is 0. The SMILES string of the molecule is FC1(F)C2COC(O2)C(F)(F)C(F)(F)C1(F)F. The van der Waals surface area contributed by atoms with Gasteiger partial charge in [0.2, 0.25) is 6.29 Å². The fourth-order valence-electron chi connectivity index (χ4n) is 1.55. The van der Waals surface area contributed by atoms with Gasteiger partial charge in [0.05, 0.1) is 6.61 Å². The Kier molecular flexibility index (Phi) is 2.28. The Balaban J connectivity index is 2.60. The highest BCUT2D eigenvalue weighted by molar-refractivity contribution is 5.11. The largest absolute Gasteiger partial charge is 0.383 e. The molecule has 0 aromatic carbocycles. The van der Waals surface area contributed by atoms with Crippen LogP contribution in [0.1, 0.15) is 0 Å². The fourth-order valence-corrected chi connectivity index (χ4v) is 1.55. The van der Waals surface area contributed by atoms with Gasteiger partial charge in [-0.25, -0.2) is 0 Å². The molecule has 0 amide bonds. The zero-order valence-corrected chi connectivity index (χ0v) is 7.70. The standard InChI is InChI=1S/C7H4F8O2/c8-4(9)2-1-16-3(17-2)5(10,11)7(14,15)6(4,12)13/h2-3H,1H2. The van der Waals surface area contributed by atoms with Crippen LogP contribution < -0.4 is 0 Å². The predicted molar refractivity (Wildman–Crippen MR) is 34.4 cm³/mol. The van der Waals surface area contributed by atoms with Crippen molar-refractivity contribution in [2.24, 2.45) is 0 Å². The van der Waals surface area contributed by atoms with Crippen LogP contribution >= 0.6 is 0 Å². The van der Waals surface area contributed by atoms with Crippen LogP contribution in [-0.2, 0) is 9.47 Å². The molecule has 2 nitrogen and oxygen atoms in total. The molecule has 2 unspecified atom stereocenters. The lowest BCUT2D eigenvalue weighted by molar-refractivity contribution is -0.381. The summed E-state index contributed by atoms with van der Waals surface area (Å²) in [7, 11) is 0. The summed E-state index contributed by atoms with van der Waals surface area (Å²) < 4.78 is 111. The van der Waals surface area contributed by atoms with Crippen molar-refractivity contribution in [1.29, 1.82) is 0 Å². The predicted octanol–water partition coefficient (Wildman–Crippen LogP) is 2.28. The lowest BCUT2D eigenvalue weighted by atomic mass is 9.96. The first-order valence-electron chi connectivity index (χ1n) is 4.24. The molecule has 0 aromatic heterocycles. The molecular weight excluding hydrogens is 268 g/mol. The molecule has 2 aliphatic rings. The second-order valence-corrected chi connectivity index (χ2v) is 3.68. The minimum absolute atomic E-state index is 1.31. The molecule has 17 heavy (non-hydrogen) atoms. The third kappa shape index (κ3) is 1.22. The Morgan fingerprint density at radius 2 is 1.24 bits per heavy atom. The fraction of sp³-hybridized carbons (Fsp3) is 1.00. The van der Waals surface area contributed by atoms with Crippen molar-refractivity contribution >= 4 is 0 Å². The first kappa shape index (κ1) is 12.8. The van der Waals surface area contributed by atoms with E-state index < -0.39 is 42.7 Å². The monoisotopic (exact) mass is 272 g/mol. The molecule has 2 atom stereocenters. The van der Waals surface area contributed by atoms with Crippen molar-refractivity contribution in [3.8, 4) is 0 Å². The van der Waals surface area contributed by atoms with E-state index in [0.717, 1.165) is 0 Å². The Labute approximate surface area is 88.5 Å². The summed E-state index contributed by atoms with van der Waals surface area (Å²) in [6, 6.07) is 0. The van der Waals surface area contributed by atoms with Crippen molar-refractivity contribution in [2.75, 3.05) is 6.61 Å². The number of alkyl halides is 8. The van der Waals surface area contributed by atoms with Crippen molar-refractivity contribution in [1.82, 2.24) is 0 Å². The second-order valence-electron chi connectivity index (χ2n) is 3.68. The van der Waals surface area contributed by atoms with E-state index in [4.69, 9.17) is 0 Å². The van der Waals surface area contributed by atoms with E-state index in [2.05, 4.69) is 9.47 Å². The van der Waals surface area contributed by atoms with Crippen molar-refractivity contribution in [3.05, 3.63) is 0 Å². The molecule has 0 saturated carbocycles. The van der Waals surface area contributed by atoms with E-state index in [-0.39, 0.29) is 0 Å². The quantitative estimate of drug-likeness (QED) is 0.630. The minimum atomic E-state index is -6.27. The van der Waals surface area contributed by atoms with Gasteiger partial charge < -0.3 is 9.47 Å². The Hall–Kier alpha value is -0.640. The number of rotatable bonds is 0. The van der Waals surface area contributed by atoms with Crippen LogP contribution in [0.25, 0.3) is 0 Å². The van der Waals surface area contributed by atoms with Gasteiger partial charge in [-0.3, -0.25) is 0 Å². The van der Waals surface area contributed by atoms with E-state index in [1.165, 1.54) is 0 Å². The number of hydrogen-bond acceptors (Lipinski definition) is 2. The van der Waals surface area contributed by atoms with E-state index >= 15 is 0 Å². The van der Waals surface area contributed by atoms with E-state index in [0.29, 0.717) is 0 Å². The van der Waals surface area contributed by atoms with Gasteiger partial charge in [0, 0.05) is 0 Å². The third-order valence-corrected chi connectivity index (χ3v) is 2.62. The maximum absolute atomic E-state index is 13.0. The molecule has 2 heterocycles. The van der Waals surface area contributed by atoms with Gasteiger partial charge in [0.1, 0.15) is 0 Å². The summed E-state index contributed by atoms with van der Waals surface area (Å²) in [5.74, 6) is -23.5. The number of fused-ring (bicyclic) bond motifs is 2. The number of ether oxygens (including phenoxy) is 2. The highest BCUT2D eigenvalue weighted by atomic mass is 19.4. The molecule has 0 N–H and O–H groups in total. The molecule has 2 saturated heterocycles. The van der Waals surface area contributed by atoms with Crippen LogP contribution in [-0.4, -0.2) is 42.7 Å². The maximum Gasteiger partial charge on any atom is 0.383 e. The Bertz CT molecular complexity index is 309. The molecule has 2 bridgehead atoms. The highest BCUT2D eigenvalue weighted by Crippen LogP contribution is 2.59. The van der Waals surface area contributed by atoms with Crippen molar-refractivity contribution < 1.29 is 44.6 Å². The molecule has 10 heteroatoms. The molecule has 0 aliphatic carbocycles. The molecule has 2 aliphatic heterocycles. The summed E-state index contributed by atoms with van der Waals surface area (Å²) in [6.07, 6.45) is -5.94. The Morgan fingerprint density at radius 3 is 1.76 bits per heavy atom. The topological polar surface area (TPSA) is 18.5 Å². The van der Waals surface area contributed by atoms with E-state index in [1.807, 2.05) is 0 Å². The summed E-state index contributed by atoms with van der Waals surface area (Å²) in [5.41, 5.74) is 0. The first-order valence-corrected chi connectivity index (χ1v) is 4.24. The van der Waals surface area contributed by atoms with E-state index in [1.54, 1.807) is 0 Å². The second kappa shape index (κ2) is 3.02.